The van der Waals surface area contributed by atoms with Gasteiger partial charge in [0.05, 0.1) is 10.7 Å². The molecule has 1 aliphatic rings. The molecule has 0 bridgehead atoms. The molecule has 1 aromatic carbocycles. The van der Waals surface area contributed by atoms with Crippen molar-refractivity contribution in [3.8, 4) is 11.3 Å². The second kappa shape index (κ2) is 7.76. The molecule has 0 atom stereocenters. The predicted molar refractivity (Wildman–Crippen MR) is 99.6 cm³/mol. The van der Waals surface area contributed by atoms with Crippen LogP contribution in [0.4, 0.5) is 5.69 Å². The van der Waals surface area contributed by atoms with Crippen molar-refractivity contribution in [1.29, 1.82) is 0 Å². The van der Waals surface area contributed by atoms with Crippen LogP contribution in [0, 0.1) is 6.92 Å². The van der Waals surface area contributed by atoms with Crippen LogP contribution in [0.2, 0.25) is 0 Å². The van der Waals surface area contributed by atoms with Crippen molar-refractivity contribution in [1.82, 2.24) is 14.8 Å². The summed E-state index contributed by atoms with van der Waals surface area (Å²) in [5.74, 6) is -1.04. The number of aryl methyl sites for hydroxylation is 1. The SMILES string of the molecule is CCN1CCN(C(=O)C(=O)Nc2ccc(-c3csc(C)n3)cc2)CC1. The lowest BCUT2D eigenvalue weighted by molar-refractivity contribution is -0.144. The fraction of sp³-hybridized carbons (Fsp3) is 0.389. The number of carbonyl (C=O) groups is 2. The van der Waals surface area contributed by atoms with E-state index in [4.69, 9.17) is 0 Å². The normalized spacial score (nSPS) is 15.2. The number of piperazine rings is 1. The number of benzene rings is 1. The van der Waals surface area contributed by atoms with E-state index >= 15 is 0 Å². The topological polar surface area (TPSA) is 65.5 Å². The van der Waals surface area contributed by atoms with Gasteiger partial charge in [-0.3, -0.25) is 9.59 Å². The third kappa shape index (κ3) is 4.24. The van der Waals surface area contributed by atoms with Gasteiger partial charge in [0.2, 0.25) is 0 Å². The number of thiazole rings is 1. The van der Waals surface area contributed by atoms with Gasteiger partial charge in [-0.25, -0.2) is 4.98 Å². The van der Waals surface area contributed by atoms with Crippen molar-refractivity contribution >= 4 is 28.8 Å². The maximum Gasteiger partial charge on any atom is 0.313 e. The van der Waals surface area contributed by atoms with Gasteiger partial charge in [0.1, 0.15) is 0 Å². The summed E-state index contributed by atoms with van der Waals surface area (Å²) in [6, 6.07) is 7.39. The zero-order chi connectivity index (χ0) is 17.8. The Hall–Kier alpha value is -2.25. The zero-order valence-electron chi connectivity index (χ0n) is 14.5. The third-order valence-electron chi connectivity index (χ3n) is 4.36. The van der Waals surface area contributed by atoms with Crippen molar-refractivity contribution in [3.63, 3.8) is 0 Å². The number of carbonyl (C=O) groups excluding carboxylic acids is 2. The highest BCUT2D eigenvalue weighted by atomic mass is 32.1. The lowest BCUT2D eigenvalue weighted by atomic mass is 10.1. The molecule has 0 unspecified atom stereocenters. The molecule has 2 amide bonds. The van der Waals surface area contributed by atoms with Crippen LogP contribution in [-0.2, 0) is 9.59 Å². The van der Waals surface area contributed by atoms with Crippen molar-refractivity contribution in [2.24, 2.45) is 0 Å². The number of rotatable bonds is 3. The van der Waals surface area contributed by atoms with Crippen LogP contribution in [0.1, 0.15) is 11.9 Å². The molecule has 132 valence electrons. The Morgan fingerprint density at radius 1 is 1.16 bits per heavy atom. The van der Waals surface area contributed by atoms with E-state index in [2.05, 4.69) is 22.1 Å². The van der Waals surface area contributed by atoms with Crippen molar-refractivity contribution in [3.05, 3.63) is 34.7 Å². The van der Waals surface area contributed by atoms with Gasteiger partial charge in [-0.15, -0.1) is 11.3 Å². The monoisotopic (exact) mass is 358 g/mol. The largest absolute Gasteiger partial charge is 0.332 e. The minimum Gasteiger partial charge on any atom is -0.332 e. The number of nitrogens with one attached hydrogen (secondary N) is 1. The Morgan fingerprint density at radius 2 is 1.84 bits per heavy atom. The maximum absolute atomic E-state index is 12.3. The summed E-state index contributed by atoms with van der Waals surface area (Å²) in [5.41, 5.74) is 2.52. The van der Waals surface area contributed by atoms with E-state index in [-0.39, 0.29) is 0 Å². The van der Waals surface area contributed by atoms with Crippen molar-refractivity contribution in [2.45, 2.75) is 13.8 Å². The number of aromatic nitrogens is 1. The summed E-state index contributed by atoms with van der Waals surface area (Å²) in [6.45, 7) is 7.87. The Kier molecular flexibility index (Phi) is 5.45. The first-order chi connectivity index (χ1) is 12.1. The number of anilines is 1. The number of likely N-dealkylation sites (N-methyl/N-ethyl adjacent to an activating group) is 1. The number of hydrogen-bond acceptors (Lipinski definition) is 5. The number of amides is 2. The molecule has 1 aromatic heterocycles. The molecular formula is C18H22N4O2S. The number of hydrogen-bond donors (Lipinski definition) is 1. The highest BCUT2D eigenvalue weighted by Gasteiger charge is 2.25. The molecule has 1 N–H and O–H groups in total. The van der Waals surface area contributed by atoms with E-state index in [1.165, 1.54) is 0 Å². The van der Waals surface area contributed by atoms with Crippen LogP contribution >= 0.6 is 11.3 Å². The lowest BCUT2D eigenvalue weighted by Gasteiger charge is -2.33. The molecular weight excluding hydrogens is 336 g/mol. The van der Waals surface area contributed by atoms with Crippen LogP contribution in [0.15, 0.2) is 29.6 Å². The molecule has 6 nitrogen and oxygen atoms in total. The van der Waals surface area contributed by atoms with Gasteiger partial charge >= 0.3 is 11.8 Å². The van der Waals surface area contributed by atoms with Crippen LogP contribution < -0.4 is 5.32 Å². The van der Waals surface area contributed by atoms with E-state index in [0.717, 1.165) is 35.9 Å². The van der Waals surface area contributed by atoms with Crippen molar-refractivity contribution < 1.29 is 9.59 Å². The molecule has 25 heavy (non-hydrogen) atoms. The summed E-state index contributed by atoms with van der Waals surface area (Å²) in [6.07, 6.45) is 0. The van der Waals surface area contributed by atoms with Gasteiger partial charge in [0, 0.05) is 42.8 Å². The average molecular weight is 358 g/mol. The summed E-state index contributed by atoms with van der Waals surface area (Å²) >= 11 is 1.60. The zero-order valence-corrected chi connectivity index (χ0v) is 15.3. The predicted octanol–water partition coefficient (Wildman–Crippen LogP) is 2.22. The van der Waals surface area contributed by atoms with Crippen LogP contribution in [0.25, 0.3) is 11.3 Å². The van der Waals surface area contributed by atoms with Gasteiger partial charge in [0.25, 0.3) is 0 Å². The average Bonchev–Trinajstić information content (AvgIpc) is 3.08. The standard InChI is InChI=1S/C18H22N4O2S/c1-3-21-8-10-22(11-9-21)18(24)17(23)20-15-6-4-14(5-7-15)16-12-25-13(2)19-16/h4-7,12H,3,8-11H2,1-2H3,(H,20,23). The quantitative estimate of drug-likeness (QED) is 0.855. The van der Waals surface area contributed by atoms with E-state index in [1.807, 2.05) is 24.4 Å². The maximum atomic E-state index is 12.3. The van der Waals surface area contributed by atoms with Gasteiger partial charge < -0.3 is 15.1 Å². The number of nitrogens with zero attached hydrogens (tertiary/aromatic N) is 3. The van der Waals surface area contributed by atoms with Gasteiger partial charge in [-0.2, -0.15) is 0 Å². The summed E-state index contributed by atoms with van der Waals surface area (Å²) < 4.78 is 0. The smallest absolute Gasteiger partial charge is 0.313 e. The van der Waals surface area contributed by atoms with Gasteiger partial charge in [-0.05, 0) is 25.6 Å². The first-order valence-electron chi connectivity index (χ1n) is 8.42. The highest BCUT2D eigenvalue weighted by molar-refractivity contribution is 7.09. The summed E-state index contributed by atoms with van der Waals surface area (Å²) in [7, 11) is 0. The minimum atomic E-state index is -0.581. The van der Waals surface area contributed by atoms with E-state index in [9.17, 15) is 9.59 Å². The third-order valence-corrected chi connectivity index (χ3v) is 5.13. The van der Waals surface area contributed by atoms with Crippen molar-refractivity contribution in [2.75, 3.05) is 38.0 Å². The minimum absolute atomic E-state index is 0.463. The molecule has 1 saturated heterocycles. The Morgan fingerprint density at radius 3 is 2.40 bits per heavy atom. The lowest BCUT2D eigenvalue weighted by Crippen LogP contribution is -2.51. The molecule has 3 rings (SSSR count). The Labute approximate surface area is 151 Å². The molecule has 0 radical (unpaired) electrons. The van der Waals surface area contributed by atoms with E-state index in [1.54, 1.807) is 28.4 Å². The molecule has 7 heteroatoms. The van der Waals surface area contributed by atoms with Gasteiger partial charge in [-0.1, -0.05) is 19.1 Å². The Balaban J connectivity index is 1.58. The molecule has 1 aliphatic heterocycles. The van der Waals surface area contributed by atoms with Crippen LogP contribution in [0.5, 0.6) is 0 Å². The highest BCUT2D eigenvalue weighted by Crippen LogP contribution is 2.23. The second-order valence-corrected chi connectivity index (χ2v) is 7.07. The summed E-state index contributed by atoms with van der Waals surface area (Å²) in [5, 5.41) is 5.70. The first-order valence-corrected chi connectivity index (χ1v) is 9.30. The Bertz CT molecular complexity index is 749. The van der Waals surface area contributed by atoms with Gasteiger partial charge in [0.15, 0.2) is 0 Å². The second-order valence-electron chi connectivity index (χ2n) is 6.01. The first kappa shape index (κ1) is 17.6. The molecule has 2 aromatic rings. The van der Waals surface area contributed by atoms with Crippen LogP contribution in [-0.4, -0.2) is 59.3 Å². The fourth-order valence-electron chi connectivity index (χ4n) is 2.82. The molecule has 0 aliphatic carbocycles. The molecule has 2 heterocycles. The summed E-state index contributed by atoms with van der Waals surface area (Å²) in [4.78, 5) is 32.8. The molecule has 1 fully saturated rings. The van der Waals surface area contributed by atoms with E-state index in [0.29, 0.717) is 18.8 Å². The molecule has 0 spiro atoms. The van der Waals surface area contributed by atoms with Crippen LogP contribution in [0.3, 0.4) is 0 Å². The molecule has 0 saturated carbocycles. The fourth-order valence-corrected chi connectivity index (χ4v) is 3.44. The van der Waals surface area contributed by atoms with E-state index < -0.39 is 11.8 Å².